The molecule has 1 aromatic rings. The second-order valence-corrected chi connectivity index (χ2v) is 3.13. The van der Waals surface area contributed by atoms with Gasteiger partial charge in [0.15, 0.2) is 0 Å². The minimum absolute atomic E-state index is 0.509. The molecule has 1 heterocycles. The fourth-order valence-electron chi connectivity index (χ4n) is 1.13. The van der Waals surface area contributed by atoms with E-state index in [1.807, 2.05) is 7.05 Å². The molecule has 3 nitrogen and oxygen atoms in total. The van der Waals surface area contributed by atoms with Gasteiger partial charge in [-0.25, -0.2) is 0 Å². The molecule has 0 radical (unpaired) electrons. The molecule has 0 aliphatic heterocycles. The van der Waals surface area contributed by atoms with Gasteiger partial charge in [-0.2, -0.15) is 5.10 Å². The van der Waals surface area contributed by atoms with Crippen LogP contribution in [0, 0.1) is 0 Å². The number of aryl methyl sites for hydroxylation is 1. The van der Waals surface area contributed by atoms with Crippen LogP contribution in [0.3, 0.4) is 0 Å². The smallest absolute Gasteiger partial charge is 0.0622 e. The molecule has 0 spiro atoms. The molecule has 0 aromatic carbocycles. The fraction of sp³-hybridized carbons (Fsp3) is 0.667. The van der Waals surface area contributed by atoms with Crippen LogP contribution in [-0.4, -0.2) is 23.3 Å². The quantitative estimate of drug-likeness (QED) is 0.705. The van der Waals surface area contributed by atoms with E-state index < -0.39 is 0 Å². The molecular formula is C9H17N3. The molecule has 0 bridgehead atoms. The Morgan fingerprint density at radius 2 is 2.42 bits per heavy atom. The Balaban J connectivity index is 2.52. The molecule has 1 aromatic heterocycles. The third-order valence-electron chi connectivity index (χ3n) is 2.07. The number of nitrogens with one attached hydrogen (secondary N) is 2. The Morgan fingerprint density at radius 1 is 1.67 bits per heavy atom. The van der Waals surface area contributed by atoms with Crippen molar-refractivity contribution >= 4 is 0 Å². The van der Waals surface area contributed by atoms with E-state index in [4.69, 9.17) is 0 Å². The second-order valence-electron chi connectivity index (χ2n) is 3.13. The van der Waals surface area contributed by atoms with Gasteiger partial charge in [-0.3, -0.25) is 5.10 Å². The number of aromatic nitrogens is 2. The number of nitrogens with zero attached hydrogens (tertiary/aromatic N) is 1. The summed E-state index contributed by atoms with van der Waals surface area (Å²) >= 11 is 0. The third-order valence-corrected chi connectivity index (χ3v) is 2.07. The summed E-state index contributed by atoms with van der Waals surface area (Å²) in [5.74, 6) is 0. The molecule has 2 N–H and O–H groups in total. The van der Waals surface area contributed by atoms with Gasteiger partial charge in [0.25, 0.3) is 0 Å². The van der Waals surface area contributed by atoms with Gasteiger partial charge in [0.2, 0.25) is 0 Å². The van der Waals surface area contributed by atoms with Crippen LogP contribution in [0.25, 0.3) is 0 Å². The van der Waals surface area contributed by atoms with Crippen LogP contribution in [0.4, 0.5) is 0 Å². The van der Waals surface area contributed by atoms with Gasteiger partial charge in [0.05, 0.1) is 5.69 Å². The molecule has 0 amide bonds. The molecule has 1 rings (SSSR count). The first-order valence-electron chi connectivity index (χ1n) is 4.46. The van der Waals surface area contributed by atoms with E-state index >= 15 is 0 Å². The summed E-state index contributed by atoms with van der Waals surface area (Å²) in [6, 6.07) is 2.64. The van der Waals surface area contributed by atoms with Crippen molar-refractivity contribution < 1.29 is 0 Å². The first-order chi connectivity index (χ1) is 5.76. The summed E-state index contributed by atoms with van der Waals surface area (Å²) < 4.78 is 0. The van der Waals surface area contributed by atoms with Crippen LogP contribution in [0.15, 0.2) is 6.07 Å². The highest BCUT2D eigenvalue weighted by atomic mass is 15.1. The van der Waals surface area contributed by atoms with Gasteiger partial charge in [-0.15, -0.1) is 0 Å². The van der Waals surface area contributed by atoms with Crippen molar-refractivity contribution in [2.45, 2.75) is 32.7 Å². The maximum atomic E-state index is 4.17. The maximum Gasteiger partial charge on any atom is 0.0622 e. The second kappa shape index (κ2) is 4.26. The Kier molecular flexibility index (Phi) is 3.29. The number of hydrogen-bond acceptors (Lipinski definition) is 2. The van der Waals surface area contributed by atoms with Gasteiger partial charge in [-0.1, -0.05) is 6.92 Å². The van der Waals surface area contributed by atoms with Gasteiger partial charge in [0.1, 0.15) is 0 Å². The van der Waals surface area contributed by atoms with E-state index in [2.05, 4.69) is 35.4 Å². The van der Waals surface area contributed by atoms with Crippen molar-refractivity contribution in [3.63, 3.8) is 0 Å². The van der Waals surface area contributed by atoms with E-state index in [9.17, 15) is 0 Å². The van der Waals surface area contributed by atoms with Crippen molar-refractivity contribution in [2.24, 2.45) is 0 Å². The van der Waals surface area contributed by atoms with Gasteiger partial charge in [-0.05, 0) is 26.5 Å². The molecule has 68 valence electrons. The fourth-order valence-corrected chi connectivity index (χ4v) is 1.13. The summed E-state index contributed by atoms with van der Waals surface area (Å²) in [6.45, 7) is 4.27. The summed E-state index contributed by atoms with van der Waals surface area (Å²) in [7, 11) is 1.97. The molecule has 0 aliphatic carbocycles. The van der Waals surface area contributed by atoms with Crippen molar-refractivity contribution in [3.05, 3.63) is 17.5 Å². The van der Waals surface area contributed by atoms with E-state index in [0.29, 0.717) is 6.04 Å². The lowest BCUT2D eigenvalue weighted by atomic mass is 10.2. The van der Waals surface area contributed by atoms with Crippen molar-refractivity contribution in [3.8, 4) is 0 Å². The molecule has 0 saturated heterocycles. The highest BCUT2D eigenvalue weighted by Crippen LogP contribution is 2.02. The molecular weight excluding hydrogens is 150 g/mol. The van der Waals surface area contributed by atoms with Gasteiger partial charge < -0.3 is 5.32 Å². The molecule has 12 heavy (non-hydrogen) atoms. The maximum absolute atomic E-state index is 4.17. The number of rotatable bonds is 4. The van der Waals surface area contributed by atoms with Gasteiger partial charge >= 0.3 is 0 Å². The lowest BCUT2D eigenvalue weighted by Crippen LogP contribution is -2.23. The SMILES string of the molecule is CCc1cc(CC(C)NC)[nH]n1. The predicted molar refractivity (Wildman–Crippen MR) is 50.2 cm³/mol. The molecule has 0 aliphatic rings. The Labute approximate surface area is 73.6 Å². The zero-order chi connectivity index (χ0) is 8.97. The average Bonchev–Trinajstić information content (AvgIpc) is 2.52. The third kappa shape index (κ3) is 2.34. The van der Waals surface area contributed by atoms with E-state index in [0.717, 1.165) is 18.5 Å². The van der Waals surface area contributed by atoms with E-state index in [1.54, 1.807) is 0 Å². The summed E-state index contributed by atoms with van der Waals surface area (Å²) in [4.78, 5) is 0. The predicted octanol–water partition coefficient (Wildman–Crippen LogP) is 1.12. The number of aromatic amines is 1. The highest BCUT2D eigenvalue weighted by molar-refractivity contribution is 5.09. The minimum atomic E-state index is 0.509. The molecule has 1 atom stereocenters. The first-order valence-corrected chi connectivity index (χ1v) is 4.46. The Morgan fingerprint density at radius 3 is 2.92 bits per heavy atom. The zero-order valence-electron chi connectivity index (χ0n) is 8.02. The number of hydrogen-bond donors (Lipinski definition) is 2. The van der Waals surface area contributed by atoms with Crippen LogP contribution in [0.2, 0.25) is 0 Å². The highest BCUT2D eigenvalue weighted by Gasteiger charge is 2.03. The van der Waals surface area contributed by atoms with Crippen molar-refractivity contribution in [1.29, 1.82) is 0 Å². The van der Waals surface area contributed by atoms with Crippen LogP contribution < -0.4 is 5.32 Å². The first kappa shape index (κ1) is 9.26. The standard InChI is InChI=1S/C9H17N3/c1-4-8-6-9(12-11-8)5-7(2)10-3/h6-7,10H,4-5H2,1-3H3,(H,11,12). The Bertz CT molecular complexity index is 229. The summed E-state index contributed by atoms with van der Waals surface area (Å²) in [5, 5.41) is 10.4. The zero-order valence-corrected chi connectivity index (χ0v) is 8.02. The van der Waals surface area contributed by atoms with Crippen molar-refractivity contribution in [1.82, 2.24) is 15.5 Å². The topological polar surface area (TPSA) is 40.7 Å². The molecule has 0 fully saturated rings. The molecule has 0 saturated carbocycles. The minimum Gasteiger partial charge on any atom is -0.317 e. The normalized spacial score (nSPS) is 13.2. The number of H-pyrrole nitrogens is 1. The van der Waals surface area contributed by atoms with Crippen LogP contribution in [0.1, 0.15) is 25.2 Å². The lowest BCUT2D eigenvalue weighted by Gasteiger charge is -2.06. The summed E-state index contributed by atoms with van der Waals surface area (Å²) in [5.41, 5.74) is 2.36. The molecule has 1 unspecified atom stereocenters. The van der Waals surface area contributed by atoms with Crippen LogP contribution >= 0.6 is 0 Å². The monoisotopic (exact) mass is 167 g/mol. The van der Waals surface area contributed by atoms with Crippen molar-refractivity contribution in [2.75, 3.05) is 7.05 Å². The number of likely N-dealkylation sites (N-methyl/N-ethyl adjacent to an activating group) is 1. The average molecular weight is 167 g/mol. The molecule has 3 heteroatoms. The Hall–Kier alpha value is -0.830. The largest absolute Gasteiger partial charge is 0.317 e. The van der Waals surface area contributed by atoms with Gasteiger partial charge in [0, 0.05) is 18.2 Å². The van der Waals surface area contributed by atoms with E-state index in [1.165, 1.54) is 5.69 Å². The van der Waals surface area contributed by atoms with Crippen LogP contribution in [-0.2, 0) is 12.8 Å². The van der Waals surface area contributed by atoms with E-state index in [-0.39, 0.29) is 0 Å². The summed E-state index contributed by atoms with van der Waals surface area (Å²) in [6.07, 6.45) is 2.02. The van der Waals surface area contributed by atoms with Crippen LogP contribution in [0.5, 0.6) is 0 Å². The lowest BCUT2D eigenvalue weighted by molar-refractivity contribution is 0.600.